The van der Waals surface area contributed by atoms with Crippen molar-refractivity contribution in [1.82, 2.24) is 10.2 Å². The summed E-state index contributed by atoms with van der Waals surface area (Å²) in [5.41, 5.74) is 0.538. The summed E-state index contributed by atoms with van der Waals surface area (Å²) >= 11 is 0. The van der Waals surface area contributed by atoms with E-state index >= 15 is 0 Å². The van der Waals surface area contributed by atoms with Gasteiger partial charge in [-0.15, -0.1) is 0 Å². The average Bonchev–Trinajstić information content (AvgIpc) is 2.94. The van der Waals surface area contributed by atoms with Crippen LogP contribution in [0.1, 0.15) is 25.3 Å². The molecule has 0 radical (unpaired) electrons. The zero-order chi connectivity index (χ0) is 14.7. The molecule has 0 aliphatic carbocycles. The van der Waals surface area contributed by atoms with Gasteiger partial charge in [0, 0.05) is 19.6 Å². The maximum absolute atomic E-state index is 10.7. The number of hydrogen-bond donors (Lipinski definition) is 2. The molecule has 0 bridgehead atoms. The van der Waals surface area contributed by atoms with Crippen molar-refractivity contribution in [2.75, 3.05) is 33.0 Å². The minimum atomic E-state index is -0.607. The van der Waals surface area contributed by atoms with Gasteiger partial charge in [-0.1, -0.05) is 13.0 Å². The smallest absolute Gasteiger partial charge is 0.231 e. The Bertz CT molecular complexity index is 494. The van der Waals surface area contributed by atoms with E-state index in [0.717, 1.165) is 56.1 Å². The van der Waals surface area contributed by atoms with E-state index in [2.05, 4.69) is 17.1 Å². The van der Waals surface area contributed by atoms with Crippen molar-refractivity contribution >= 4 is 0 Å². The SMILES string of the molecule is CCN1CCCC(O)(CNCc2ccc3c(c2)OCO3)C1. The predicted octanol–water partition coefficient (Wildman–Crippen LogP) is 1.35. The lowest BCUT2D eigenvalue weighted by Gasteiger charge is -2.39. The number of rotatable bonds is 5. The van der Waals surface area contributed by atoms with E-state index in [-0.39, 0.29) is 0 Å². The van der Waals surface area contributed by atoms with Gasteiger partial charge < -0.3 is 24.8 Å². The quantitative estimate of drug-likeness (QED) is 0.858. The second-order valence-corrected chi connectivity index (χ2v) is 5.99. The Kier molecular flexibility index (Phi) is 4.33. The zero-order valence-electron chi connectivity index (χ0n) is 12.6. The third-order valence-corrected chi connectivity index (χ3v) is 4.30. The van der Waals surface area contributed by atoms with Crippen LogP contribution >= 0.6 is 0 Å². The van der Waals surface area contributed by atoms with Gasteiger partial charge in [0.1, 0.15) is 0 Å². The van der Waals surface area contributed by atoms with E-state index in [0.29, 0.717) is 13.3 Å². The summed E-state index contributed by atoms with van der Waals surface area (Å²) in [4.78, 5) is 2.31. The van der Waals surface area contributed by atoms with Crippen molar-refractivity contribution in [1.29, 1.82) is 0 Å². The highest BCUT2D eigenvalue weighted by molar-refractivity contribution is 5.44. The first-order chi connectivity index (χ1) is 10.2. The van der Waals surface area contributed by atoms with Gasteiger partial charge >= 0.3 is 0 Å². The standard InChI is InChI=1S/C16H24N2O3/c1-2-18-7-3-6-16(19,11-18)10-17-9-13-4-5-14-15(8-13)21-12-20-14/h4-5,8,17,19H,2-3,6-7,9-12H2,1H3. The molecule has 5 heteroatoms. The molecule has 1 saturated heterocycles. The molecule has 116 valence electrons. The van der Waals surface area contributed by atoms with Gasteiger partial charge in [-0.25, -0.2) is 0 Å². The minimum absolute atomic E-state index is 0.304. The molecule has 1 aromatic carbocycles. The van der Waals surface area contributed by atoms with Crippen LogP contribution in [0.15, 0.2) is 18.2 Å². The number of fused-ring (bicyclic) bond motifs is 1. The molecule has 2 heterocycles. The summed E-state index contributed by atoms with van der Waals surface area (Å²) in [6, 6.07) is 5.97. The largest absolute Gasteiger partial charge is 0.454 e. The number of ether oxygens (including phenoxy) is 2. The van der Waals surface area contributed by atoms with Crippen molar-refractivity contribution in [3.63, 3.8) is 0 Å². The lowest BCUT2D eigenvalue weighted by molar-refractivity contribution is -0.0279. The van der Waals surface area contributed by atoms with Crippen LogP contribution in [0.4, 0.5) is 0 Å². The molecule has 3 rings (SSSR count). The first kappa shape index (κ1) is 14.6. The van der Waals surface area contributed by atoms with Gasteiger partial charge in [-0.2, -0.15) is 0 Å². The van der Waals surface area contributed by atoms with Crippen LogP contribution in [0.3, 0.4) is 0 Å². The maximum atomic E-state index is 10.7. The minimum Gasteiger partial charge on any atom is -0.454 e. The van der Waals surface area contributed by atoms with E-state index in [9.17, 15) is 5.11 Å². The highest BCUT2D eigenvalue weighted by atomic mass is 16.7. The molecule has 1 fully saturated rings. The fourth-order valence-corrected chi connectivity index (χ4v) is 3.11. The van der Waals surface area contributed by atoms with Gasteiger partial charge in [0.05, 0.1) is 5.60 Å². The fourth-order valence-electron chi connectivity index (χ4n) is 3.11. The molecule has 5 nitrogen and oxygen atoms in total. The molecule has 2 aliphatic rings. The maximum Gasteiger partial charge on any atom is 0.231 e. The van der Waals surface area contributed by atoms with Crippen molar-refractivity contribution in [2.24, 2.45) is 0 Å². The number of β-amino-alcohol motifs (C(OH)–C–C–N with tert-alkyl or cyclic N) is 1. The summed E-state index contributed by atoms with van der Waals surface area (Å²) in [5, 5.41) is 14.0. The van der Waals surface area contributed by atoms with E-state index in [1.54, 1.807) is 0 Å². The van der Waals surface area contributed by atoms with Crippen molar-refractivity contribution in [3.8, 4) is 11.5 Å². The zero-order valence-corrected chi connectivity index (χ0v) is 12.6. The van der Waals surface area contributed by atoms with E-state index in [4.69, 9.17) is 9.47 Å². The molecular weight excluding hydrogens is 268 g/mol. The molecule has 0 amide bonds. The molecule has 1 aromatic rings. The molecule has 2 aliphatic heterocycles. The Morgan fingerprint density at radius 1 is 1.33 bits per heavy atom. The third kappa shape index (κ3) is 3.48. The van der Waals surface area contributed by atoms with Crippen molar-refractivity contribution < 1.29 is 14.6 Å². The second-order valence-electron chi connectivity index (χ2n) is 5.99. The number of likely N-dealkylation sites (tertiary alicyclic amines) is 1. The molecular formula is C16H24N2O3. The van der Waals surface area contributed by atoms with Crippen LogP contribution in [0.2, 0.25) is 0 Å². The summed E-state index contributed by atoms with van der Waals surface area (Å²) < 4.78 is 10.7. The average molecular weight is 292 g/mol. The van der Waals surface area contributed by atoms with E-state index < -0.39 is 5.60 Å². The molecule has 1 atom stereocenters. The van der Waals surface area contributed by atoms with Crippen LogP contribution in [-0.4, -0.2) is 48.6 Å². The number of nitrogens with zero attached hydrogens (tertiary/aromatic N) is 1. The summed E-state index contributed by atoms with van der Waals surface area (Å²) in [7, 11) is 0. The van der Waals surface area contributed by atoms with E-state index in [1.165, 1.54) is 0 Å². The highest BCUT2D eigenvalue weighted by Gasteiger charge is 2.32. The third-order valence-electron chi connectivity index (χ3n) is 4.30. The molecule has 21 heavy (non-hydrogen) atoms. The molecule has 0 aromatic heterocycles. The van der Waals surface area contributed by atoms with Crippen LogP contribution < -0.4 is 14.8 Å². The normalized spacial score (nSPS) is 25.2. The second kappa shape index (κ2) is 6.22. The van der Waals surface area contributed by atoms with Crippen molar-refractivity contribution in [2.45, 2.75) is 31.9 Å². The van der Waals surface area contributed by atoms with Crippen LogP contribution in [0, 0.1) is 0 Å². The lowest BCUT2D eigenvalue weighted by Crippen LogP contribution is -2.53. The number of aliphatic hydroxyl groups is 1. The van der Waals surface area contributed by atoms with E-state index in [1.807, 2.05) is 18.2 Å². The molecule has 0 spiro atoms. The van der Waals surface area contributed by atoms with Crippen LogP contribution in [0.25, 0.3) is 0 Å². The Morgan fingerprint density at radius 3 is 3.05 bits per heavy atom. The van der Waals surface area contributed by atoms with Gasteiger partial charge in [-0.3, -0.25) is 0 Å². The van der Waals surface area contributed by atoms with Crippen LogP contribution in [-0.2, 0) is 6.54 Å². The van der Waals surface area contributed by atoms with Crippen molar-refractivity contribution in [3.05, 3.63) is 23.8 Å². The Hall–Kier alpha value is -1.30. The summed E-state index contributed by atoms with van der Waals surface area (Å²) in [5.74, 6) is 1.62. The summed E-state index contributed by atoms with van der Waals surface area (Å²) in [6.07, 6.45) is 1.94. The predicted molar refractivity (Wildman–Crippen MR) is 80.6 cm³/mol. The number of nitrogens with one attached hydrogen (secondary N) is 1. The topological polar surface area (TPSA) is 54.0 Å². The van der Waals surface area contributed by atoms with Gasteiger partial charge in [-0.05, 0) is 43.6 Å². The Balaban J connectivity index is 1.51. The Morgan fingerprint density at radius 2 is 2.19 bits per heavy atom. The fraction of sp³-hybridized carbons (Fsp3) is 0.625. The summed E-state index contributed by atoms with van der Waals surface area (Å²) in [6.45, 7) is 6.66. The van der Waals surface area contributed by atoms with Gasteiger partial charge in [0.15, 0.2) is 11.5 Å². The molecule has 0 saturated carbocycles. The molecule has 1 unspecified atom stereocenters. The first-order valence-corrected chi connectivity index (χ1v) is 7.72. The first-order valence-electron chi connectivity index (χ1n) is 7.72. The van der Waals surface area contributed by atoms with Gasteiger partial charge in [0.2, 0.25) is 6.79 Å². The van der Waals surface area contributed by atoms with Gasteiger partial charge in [0.25, 0.3) is 0 Å². The number of likely N-dealkylation sites (N-methyl/N-ethyl adjacent to an activating group) is 1. The number of hydrogen-bond acceptors (Lipinski definition) is 5. The molecule has 2 N–H and O–H groups in total. The highest BCUT2D eigenvalue weighted by Crippen LogP contribution is 2.32. The number of piperidine rings is 1. The Labute approximate surface area is 125 Å². The lowest BCUT2D eigenvalue weighted by atomic mass is 9.92. The monoisotopic (exact) mass is 292 g/mol. The number of benzene rings is 1. The van der Waals surface area contributed by atoms with Crippen LogP contribution in [0.5, 0.6) is 11.5 Å².